The van der Waals surface area contributed by atoms with Crippen LogP contribution < -0.4 is 15.8 Å². The third-order valence-corrected chi connectivity index (χ3v) is 5.74. The normalized spacial score (nSPS) is 21.3. The zero-order valence-corrected chi connectivity index (χ0v) is 17.1. The second kappa shape index (κ2) is 10.3. The average molecular weight is 397 g/mol. The number of hydrogen-bond acceptors (Lipinski definition) is 4. The lowest BCUT2D eigenvalue weighted by Crippen LogP contribution is -2.36. The molecule has 152 valence electrons. The molecule has 0 radical (unpaired) electrons. The number of rotatable bonds is 7. The van der Waals surface area contributed by atoms with Gasteiger partial charge in [-0.2, -0.15) is 0 Å². The fraction of sp³-hybridized carbons (Fsp3) is 0.667. The molecule has 1 aliphatic heterocycles. The van der Waals surface area contributed by atoms with Gasteiger partial charge in [0.05, 0.1) is 11.8 Å². The summed E-state index contributed by atoms with van der Waals surface area (Å²) in [5, 5.41) is 3.06. The van der Waals surface area contributed by atoms with Crippen molar-refractivity contribution >= 4 is 24.0 Å². The third-order valence-electron chi connectivity index (χ3n) is 5.74. The molecule has 1 saturated carbocycles. The van der Waals surface area contributed by atoms with Gasteiger partial charge in [0, 0.05) is 13.0 Å². The number of nitrogens with one attached hydrogen (secondary N) is 1. The summed E-state index contributed by atoms with van der Waals surface area (Å²) in [6.45, 7) is 3.94. The highest BCUT2D eigenvalue weighted by Gasteiger charge is 2.33. The van der Waals surface area contributed by atoms with Crippen molar-refractivity contribution in [3.63, 3.8) is 0 Å². The van der Waals surface area contributed by atoms with Crippen LogP contribution in [-0.2, 0) is 9.53 Å². The van der Waals surface area contributed by atoms with Gasteiger partial charge in [0.25, 0.3) is 0 Å². The highest BCUT2D eigenvalue weighted by molar-refractivity contribution is 5.92. The monoisotopic (exact) mass is 396 g/mol. The summed E-state index contributed by atoms with van der Waals surface area (Å²) < 4.78 is 11.6. The van der Waals surface area contributed by atoms with E-state index in [-0.39, 0.29) is 29.8 Å². The maximum atomic E-state index is 12.7. The molecule has 3 N–H and O–H groups in total. The SMILES string of the molecule is Cc1ccc(NC(=O)CC2(CN)CCCCC2)c(OCC2CCCO2)c1.Cl. The lowest BCUT2D eigenvalue weighted by Gasteiger charge is -2.35. The Morgan fingerprint density at radius 1 is 1.30 bits per heavy atom. The van der Waals surface area contributed by atoms with Gasteiger partial charge in [-0.25, -0.2) is 0 Å². The summed E-state index contributed by atoms with van der Waals surface area (Å²) in [6, 6.07) is 5.89. The van der Waals surface area contributed by atoms with Crippen LogP contribution in [0.25, 0.3) is 0 Å². The van der Waals surface area contributed by atoms with E-state index < -0.39 is 0 Å². The molecule has 1 heterocycles. The third kappa shape index (κ3) is 6.09. The Hall–Kier alpha value is -1.30. The van der Waals surface area contributed by atoms with Gasteiger partial charge in [-0.05, 0) is 62.3 Å². The van der Waals surface area contributed by atoms with Gasteiger partial charge in [0.1, 0.15) is 12.4 Å². The van der Waals surface area contributed by atoms with E-state index in [0.717, 1.165) is 49.3 Å². The average Bonchev–Trinajstić information content (AvgIpc) is 3.16. The Labute approximate surface area is 168 Å². The van der Waals surface area contributed by atoms with Crippen LogP contribution in [0.5, 0.6) is 5.75 Å². The van der Waals surface area contributed by atoms with Gasteiger partial charge in [-0.3, -0.25) is 4.79 Å². The minimum atomic E-state index is -0.0360. The molecule has 6 heteroatoms. The van der Waals surface area contributed by atoms with Crippen LogP contribution in [0.1, 0.15) is 56.9 Å². The van der Waals surface area contributed by atoms with E-state index >= 15 is 0 Å². The van der Waals surface area contributed by atoms with Crippen LogP contribution in [0.4, 0.5) is 5.69 Å². The van der Waals surface area contributed by atoms with Crippen molar-refractivity contribution in [2.75, 3.05) is 25.1 Å². The largest absolute Gasteiger partial charge is 0.489 e. The standard InChI is InChI=1S/C21H32N2O3.ClH/c1-16-7-8-18(19(12-16)26-14-17-6-5-11-25-17)23-20(24)13-21(15-22)9-3-2-4-10-21;/h7-8,12,17H,2-6,9-11,13-15,22H2,1H3,(H,23,24);1H. The Balaban J connectivity index is 0.00000261. The number of halogens is 1. The summed E-state index contributed by atoms with van der Waals surface area (Å²) in [7, 11) is 0. The zero-order chi connectivity index (χ0) is 18.4. The predicted octanol–water partition coefficient (Wildman–Crippen LogP) is 4.21. The van der Waals surface area contributed by atoms with Crippen molar-refractivity contribution in [1.82, 2.24) is 0 Å². The molecule has 1 aromatic carbocycles. The quantitative estimate of drug-likeness (QED) is 0.723. The molecule has 1 aromatic rings. The van der Waals surface area contributed by atoms with E-state index in [0.29, 0.717) is 19.6 Å². The van der Waals surface area contributed by atoms with E-state index in [1.54, 1.807) is 0 Å². The lowest BCUT2D eigenvalue weighted by molar-refractivity contribution is -0.118. The topological polar surface area (TPSA) is 73.6 Å². The van der Waals surface area contributed by atoms with Gasteiger partial charge in [-0.1, -0.05) is 25.3 Å². The highest BCUT2D eigenvalue weighted by Crippen LogP contribution is 2.39. The molecular formula is C21H33ClN2O3. The molecule has 1 aliphatic carbocycles. The molecule has 5 nitrogen and oxygen atoms in total. The van der Waals surface area contributed by atoms with Gasteiger partial charge in [-0.15, -0.1) is 12.4 Å². The molecule has 0 spiro atoms. The van der Waals surface area contributed by atoms with Crippen molar-refractivity contribution in [1.29, 1.82) is 0 Å². The second-order valence-electron chi connectivity index (χ2n) is 7.94. The number of ether oxygens (including phenoxy) is 2. The van der Waals surface area contributed by atoms with Crippen LogP contribution in [0.3, 0.4) is 0 Å². The summed E-state index contributed by atoms with van der Waals surface area (Å²) in [5.41, 5.74) is 7.84. The van der Waals surface area contributed by atoms with Crippen molar-refractivity contribution in [3.05, 3.63) is 23.8 Å². The molecule has 1 atom stereocenters. The minimum Gasteiger partial charge on any atom is -0.489 e. The van der Waals surface area contributed by atoms with Gasteiger partial charge in [0.15, 0.2) is 0 Å². The fourth-order valence-corrected chi connectivity index (χ4v) is 4.10. The molecule has 0 aromatic heterocycles. The summed E-state index contributed by atoms with van der Waals surface area (Å²) >= 11 is 0. The predicted molar refractivity (Wildman–Crippen MR) is 111 cm³/mol. The first-order valence-corrected chi connectivity index (χ1v) is 9.95. The van der Waals surface area contributed by atoms with Gasteiger partial charge in [0.2, 0.25) is 5.91 Å². The van der Waals surface area contributed by atoms with Crippen molar-refractivity contribution < 1.29 is 14.3 Å². The van der Waals surface area contributed by atoms with E-state index in [2.05, 4.69) is 5.32 Å². The fourth-order valence-electron chi connectivity index (χ4n) is 4.10. The Bertz CT molecular complexity index is 611. The Morgan fingerprint density at radius 2 is 2.07 bits per heavy atom. The molecule has 3 rings (SSSR count). The molecule has 0 bridgehead atoms. The van der Waals surface area contributed by atoms with Crippen molar-refractivity contribution in [3.8, 4) is 5.75 Å². The summed E-state index contributed by atoms with van der Waals surface area (Å²) in [5.74, 6) is 0.752. The van der Waals surface area contributed by atoms with Crippen molar-refractivity contribution in [2.45, 2.75) is 64.4 Å². The van der Waals surface area contributed by atoms with Crippen LogP contribution in [-0.4, -0.2) is 31.8 Å². The lowest BCUT2D eigenvalue weighted by atomic mass is 9.71. The van der Waals surface area contributed by atoms with E-state index in [1.807, 2.05) is 25.1 Å². The molecule has 1 saturated heterocycles. The Morgan fingerprint density at radius 3 is 2.74 bits per heavy atom. The number of carbonyl (C=O) groups is 1. The summed E-state index contributed by atoms with van der Waals surface area (Å²) in [4.78, 5) is 12.7. The second-order valence-corrected chi connectivity index (χ2v) is 7.94. The van der Waals surface area contributed by atoms with Gasteiger partial charge >= 0.3 is 0 Å². The number of hydrogen-bond donors (Lipinski definition) is 2. The summed E-state index contributed by atoms with van der Waals surface area (Å²) in [6.07, 6.45) is 8.46. The number of anilines is 1. The van der Waals surface area contributed by atoms with Crippen LogP contribution >= 0.6 is 12.4 Å². The Kier molecular flexibility index (Phi) is 8.39. The maximum Gasteiger partial charge on any atom is 0.225 e. The number of aryl methyl sites for hydroxylation is 1. The molecule has 2 aliphatic rings. The number of carbonyl (C=O) groups excluding carboxylic acids is 1. The van der Waals surface area contributed by atoms with Crippen LogP contribution in [0.2, 0.25) is 0 Å². The molecular weight excluding hydrogens is 364 g/mol. The van der Waals surface area contributed by atoms with E-state index in [4.69, 9.17) is 15.2 Å². The first-order chi connectivity index (χ1) is 12.6. The minimum absolute atomic E-state index is 0. The number of amides is 1. The van der Waals surface area contributed by atoms with Crippen molar-refractivity contribution in [2.24, 2.45) is 11.1 Å². The first-order valence-electron chi connectivity index (χ1n) is 9.95. The smallest absolute Gasteiger partial charge is 0.225 e. The highest BCUT2D eigenvalue weighted by atomic mass is 35.5. The molecule has 27 heavy (non-hydrogen) atoms. The molecule has 2 fully saturated rings. The maximum absolute atomic E-state index is 12.7. The van der Waals surface area contributed by atoms with Crippen LogP contribution in [0.15, 0.2) is 18.2 Å². The number of benzene rings is 1. The zero-order valence-electron chi connectivity index (χ0n) is 16.3. The van der Waals surface area contributed by atoms with Gasteiger partial charge < -0.3 is 20.5 Å². The van der Waals surface area contributed by atoms with E-state index in [9.17, 15) is 4.79 Å². The first kappa shape index (κ1) is 22.0. The number of nitrogens with two attached hydrogens (primary N) is 1. The molecule has 1 amide bonds. The van der Waals surface area contributed by atoms with E-state index in [1.165, 1.54) is 19.3 Å². The van der Waals surface area contributed by atoms with Crippen LogP contribution in [0, 0.1) is 12.3 Å². The molecule has 1 unspecified atom stereocenters.